The van der Waals surface area contributed by atoms with Crippen molar-refractivity contribution in [3.63, 3.8) is 0 Å². The predicted molar refractivity (Wildman–Crippen MR) is 104 cm³/mol. The summed E-state index contributed by atoms with van der Waals surface area (Å²) in [5, 5.41) is 6.38. The number of aryl methyl sites for hydroxylation is 2. The number of hydrogen-bond acceptors (Lipinski definition) is 6. The van der Waals surface area contributed by atoms with E-state index in [0.29, 0.717) is 18.1 Å². The molecule has 0 aliphatic rings. The summed E-state index contributed by atoms with van der Waals surface area (Å²) < 4.78 is 16.4. The van der Waals surface area contributed by atoms with Gasteiger partial charge in [-0.3, -0.25) is 9.59 Å². The molecule has 0 bridgehead atoms. The minimum absolute atomic E-state index is 0.00251. The van der Waals surface area contributed by atoms with Crippen molar-refractivity contribution in [1.82, 2.24) is 15.4 Å². The zero-order valence-electron chi connectivity index (χ0n) is 16.7. The molecular formula is C20H25N3O5. The molecule has 0 unspecified atom stereocenters. The zero-order valence-corrected chi connectivity index (χ0v) is 16.7. The molecule has 28 heavy (non-hydrogen) atoms. The molecule has 2 aromatic rings. The van der Waals surface area contributed by atoms with Gasteiger partial charge in [-0.15, -0.1) is 0 Å². The highest BCUT2D eigenvalue weighted by atomic mass is 16.5. The average Bonchev–Trinajstić information content (AvgIpc) is 3.01. The molecule has 2 rings (SSSR count). The number of nitrogens with zero attached hydrogens (tertiary/aromatic N) is 2. The van der Waals surface area contributed by atoms with Gasteiger partial charge in [0.25, 0.3) is 0 Å². The van der Waals surface area contributed by atoms with Gasteiger partial charge in [-0.1, -0.05) is 11.2 Å². The Bertz CT molecular complexity index is 853. The second-order valence-corrected chi connectivity index (χ2v) is 6.20. The SMILES string of the molecule is CNC(=O)CN(C)C(=O)C=Cc1ccc(OCc2c(C)noc2C)c(OC)c1. The van der Waals surface area contributed by atoms with Crippen molar-refractivity contribution in [1.29, 1.82) is 0 Å². The van der Waals surface area contributed by atoms with Crippen LogP contribution in [0.15, 0.2) is 28.8 Å². The van der Waals surface area contributed by atoms with Gasteiger partial charge >= 0.3 is 0 Å². The quantitative estimate of drug-likeness (QED) is 0.697. The van der Waals surface area contributed by atoms with E-state index in [2.05, 4.69) is 10.5 Å². The van der Waals surface area contributed by atoms with E-state index in [0.717, 1.165) is 22.6 Å². The van der Waals surface area contributed by atoms with E-state index in [1.165, 1.54) is 18.0 Å². The third kappa shape index (κ3) is 5.35. The van der Waals surface area contributed by atoms with Gasteiger partial charge in [-0.2, -0.15) is 0 Å². The van der Waals surface area contributed by atoms with Crippen LogP contribution in [0.25, 0.3) is 6.08 Å². The van der Waals surface area contributed by atoms with E-state index >= 15 is 0 Å². The number of amides is 2. The number of methoxy groups -OCH3 is 1. The molecule has 0 fully saturated rings. The third-order valence-corrected chi connectivity index (χ3v) is 4.20. The van der Waals surface area contributed by atoms with Crippen LogP contribution in [0, 0.1) is 13.8 Å². The van der Waals surface area contributed by atoms with Crippen molar-refractivity contribution in [3.05, 3.63) is 46.9 Å². The van der Waals surface area contributed by atoms with Crippen LogP contribution < -0.4 is 14.8 Å². The number of nitrogens with one attached hydrogen (secondary N) is 1. The van der Waals surface area contributed by atoms with Crippen LogP contribution in [0.2, 0.25) is 0 Å². The second kappa shape index (κ2) is 9.59. The average molecular weight is 387 g/mol. The van der Waals surface area contributed by atoms with Gasteiger partial charge in [0.05, 0.1) is 24.9 Å². The molecule has 8 heteroatoms. The molecule has 1 N–H and O–H groups in total. The first kappa shape index (κ1) is 21.0. The van der Waals surface area contributed by atoms with E-state index in [4.69, 9.17) is 14.0 Å². The largest absolute Gasteiger partial charge is 0.493 e. The van der Waals surface area contributed by atoms with Gasteiger partial charge in [0.2, 0.25) is 11.8 Å². The van der Waals surface area contributed by atoms with Crippen LogP contribution in [-0.2, 0) is 16.2 Å². The maximum atomic E-state index is 12.1. The van der Waals surface area contributed by atoms with Crippen LogP contribution in [0.5, 0.6) is 11.5 Å². The number of carbonyl (C=O) groups excluding carboxylic acids is 2. The molecule has 0 aliphatic carbocycles. The number of rotatable bonds is 8. The van der Waals surface area contributed by atoms with E-state index < -0.39 is 0 Å². The summed E-state index contributed by atoms with van der Waals surface area (Å²) in [4.78, 5) is 24.7. The van der Waals surface area contributed by atoms with Gasteiger partial charge in [0.15, 0.2) is 11.5 Å². The number of carbonyl (C=O) groups is 2. The number of likely N-dealkylation sites (N-methyl/N-ethyl adjacent to an activating group) is 2. The minimum atomic E-state index is -0.277. The molecule has 150 valence electrons. The molecule has 0 saturated carbocycles. The maximum absolute atomic E-state index is 12.1. The summed E-state index contributed by atoms with van der Waals surface area (Å²) in [7, 11) is 4.64. The standard InChI is InChI=1S/C20H25N3O5/c1-13-16(14(2)28-22-13)12-27-17-8-6-15(10-18(17)26-5)7-9-20(25)23(4)11-19(24)21-3/h6-10H,11-12H2,1-5H3,(H,21,24). The number of benzene rings is 1. The predicted octanol–water partition coefficient (Wildman–Crippen LogP) is 2.10. The Morgan fingerprint density at radius 3 is 2.64 bits per heavy atom. The third-order valence-electron chi connectivity index (χ3n) is 4.20. The van der Waals surface area contributed by atoms with Crippen molar-refractivity contribution in [2.24, 2.45) is 0 Å². The Labute approximate surface area is 164 Å². The fraction of sp³-hybridized carbons (Fsp3) is 0.350. The fourth-order valence-electron chi connectivity index (χ4n) is 2.43. The Balaban J connectivity index is 2.05. The Kier molecular flexibility index (Phi) is 7.20. The van der Waals surface area contributed by atoms with Crippen molar-refractivity contribution in [3.8, 4) is 11.5 Å². The Morgan fingerprint density at radius 2 is 2.04 bits per heavy atom. The van der Waals surface area contributed by atoms with Crippen molar-refractivity contribution in [2.45, 2.75) is 20.5 Å². The minimum Gasteiger partial charge on any atom is -0.493 e. The first-order valence-corrected chi connectivity index (χ1v) is 8.72. The number of hydrogen-bond donors (Lipinski definition) is 1. The van der Waals surface area contributed by atoms with Crippen molar-refractivity contribution >= 4 is 17.9 Å². The monoisotopic (exact) mass is 387 g/mol. The molecule has 0 aliphatic heterocycles. The lowest BCUT2D eigenvalue weighted by Crippen LogP contribution is -2.35. The topological polar surface area (TPSA) is 93.9 Å². The summed E-state index contributed by atoms with van der Waals surface area (Å²) in [6.45, 7) is 4.01. The molecule has 1 heterocycles. The smallest absolute Gasteiger partial charge is 0.246 e. The van der Waals surface area contributed by atoms with Crippen LogP contribution >= 0.6 is 0 Å². The van der Waals surface area contributed by atoms with Crippen LogP contribution in [0.1, 0.15) is 22.6 Å². The Hall–Kier alpha value is -3.29. The van der Waals surface area contributed by atoms with Crippen LogP contribution in [0.4, 0.5) is 0 Å². The van der Waals surface area contributed by atoms with Gasteiger partial charge in [0.1, 0.15) is 12.4 Å². The number of aromatic nitrogens is 1. The van der Waals surface area contributed by atoms with Gasteiger partial charge < -0.3 is 24.2 Å². The maximum Gasteiger partial charge on any atom is 0.246 e. The van der Waals surface area contributed by atoms with E-state index in [9.17, 15) is 9.59 Å². The zero-order chi connectivity index (χ0) is 20.7. The van der Waals surface area contributed by atoms with E-state index in [1.807, 2.05) is 19.9 Å². The normalized spacial score (nSPS) is 10.8. The first-order valence-electron chi connectivity index (χ1n) is 8.72. The van der Waals surface area contributed by atoms with E-state index in [-0.39, 0.29) is 18.4 Å². The molecule has 1 aromatic carbocycles. The summed E-state index contributed by atoms with van der Waals surface area (Å²) in [6.07, 6.45) is 3.06. The summed E-state index contributed by atoms with van der Waals surface area (Å²) in [5.41, 5.74) is 2.45. The summed E-state index contributed by atoms with van der Waals surface area (Å²) >= 11 is 0. The summed E-state index contributed by atoms with van der Waals surface area (Å²) in [6, 6.07) is 5.36. The molecular weight excluding hydrogens is 362 g/mol. The second-order valence-electron chi connectivity index (χ2n) is 6.20. The lowest BCUT2D eigenvalue weighted by Gasteiger charge is -2.13. The molecule has 8 nitrogen and oxygen atoms in total. The van der Waals surface area contributed by atoms with Crippen molar-refractivity contribution in [2.75, 3.05) is 27.7 Å². The van der Waals surface area contributed by atoms with Crippen LogP contribution in [0.3, 0.4) is 0 Å². The molecule has 2 amide bonds. The lowest BCUT2D eigenvalue weighted by molar-refractivity contribution is -0.130. The molecule has 0 saturated heterocycles. The first-order chi connectivity index (χ1) is 13.3. The molecule has 0 radical (unpaired) electrons. The molecule has 0 atom stereocenters. The fourth-order valence-corrected chi connectivity index (χ4v) is 2.43. The number of ether oxygens (including phenoxy) is 2. The highest BCUT2D eigenvalue weighted by Gasteiger charge is 2.12. The van der Waals surface area contributed by atoms with Crippen molar-refractivity contribution < 1.29 is 23.6 Å². The lowest BCUT2D eigenvalue weighted by atomic mass is 10.1. The van der Waals surface area contributed by atoms with Gasteiger partial charge in [0, 0.05) is 20.2 Å². The summed E-state index contributed by atoms with van der Waals surface area (Å²) in [5.74, 6) is 1.32. The molecule has 1 aromatic heterocycles. The van der Waals surface area contributed by atoms with Gasteiger partial charge in [-0.25, -0.2) is 0 Å². The highest BCUT2D eigenvalue weighted by Crippen LogP contribution is 2.30. The Morgan fingerprint density at radius 1 is 1.29 bits per heavy atom. The van der Waals surface area contributed by atoms with Crippen LogP contribution in [-0.4, -0.2) is 49.6 Å². The van der Waals surface area contributed by atoms with E-state index in [1.54, 1.807) is 32.4 Å². The highest BCUT2D eigenvalue weighted by molar-refractivity contribution is 5.94. The van der Waals surface area contributed by atoms with Gasteiger partial charge in [-0.05, 0) is 37.6 Å². The molecule has 0 spiro atoms.